The minimum absolute atomic E-state index is 0.00875. The highest BCUT2D eigenvalue weighted by atomic mass is 32.2. The number of ether oxygens (including phenoxy) is 1. The van der Waals surface area contributed by atoms with Crippen molar-refractivity contribution in [1.29, 1.82) is 0 Å². The first-order valence-corrected chi connectivity index (χ1v) is 9.74. The van der Waals surface area contributed by atoms with Crippen molar-refractivity contribution in [3.63, 3.8) is 0 Å². The summed E-state index contributed by atoms with van der Waals surface area (Å²) in [7, 11) is 1.24. The lowest BCUT2D eigenvalue weighted by Crippen LogP contribution is -2.25. The van der Waals surface area contributed by atoms with Gasteiger partial charge < -0.3 is 4.74 Å². The second kappa shape index (κ2) is 8.38. The number of halogens is 4. The summed E-state index contributed by atoms with van der Waals surface area (Å²) in [5.74, 6) is -1.72. The van der Waals surface area contributed by atoms with E-state index in [1.807, 2.05) is 0 Å². The molecule has 7 nitrogen and oxygen atoms in total. The molecular formula is C19H13F4N5O2S. The van der Waals surface area contributed by atoms with Crippen molar-refractivity contribution in [1.82, 2.24) is 24.4 Å². The fraction of sp³-hybridized carbons (Fsp3) is 0.158. The van der Waals surface area contributed by atoms with Crippen molar-refractivity contribution in [2.45, 2.75) is 17.3 Å². The highest BCUT2D eigenvalue weighted by molar-refractivity contribution is 7.98. The van der Waals surface area contributed by atoms with E-state index in [2.05, 4.69) is 15.2 Å². The fourth-order valence-corrected chi connectivity index (χ4v) is 3.76. The maximum absolute atomic E-state index is 14.2. The van der Waals surface area contributed by atoms with Crippen molar-refractivity contribution in [2.75, 3.05) is 7.11 Å². The van der Waals surface area contributed by atoms with Gasteiger partial charge in [-0.05, 0) is 5.56 Å². The maximum atomic E-state index is 14.2. The Morgan fingerprint density at radius 3 is 2.52 bits per heavy atom. The molecule has 0 atom stereocenters. The third kappa shape index (κ3) is 3.98. The molecule has 0 amide bonds. The summed E-state index contributed by atoms with van der Waals surface area (Å²) in [5, 5.41) is 7.95. The lowest BCUT2D eigenvalue weighted by molar-refractivity contribution is 0.151. The molecule has 4 aromatic rings. The van der Waals surface area contributed by atoms with Gasteiger partial charge in [0.2, 0.25) is 5.88 Å². The van der Waals surface area contributed by atoms with Crippen molar-refractivity contribution in [3.8, 4) is 11.6 Å². The number of rotatable bonds is 6. The third-order valence-electron chi connectivity index (χ3n) is 4.33. The number of fused-ring (bicyclic) bond motifs is 1. The molecule has 0 fully saturated rings. The molecule has 12 heteroatoms. The summed E-state index contributed by atoms with van der Waals surface area (Å²) in [4.78, 5) is 16.8. The van der Waals surface area contributed by atoms with Gasteiger partial charge in [-0.3, -0.25) is 9.36 Å². The molecular weight excluding hydrogens is 438 g/mol. The van der Waals surface area contributed by atoms with E-state index < -0.39 is 29.1 Å². The molecule has 4 rings (SSSR count). The predicted molar refractivity (Wildman–Crippen MR) is 104 cm³/mol. The van der Waals surface area contributed by atoms with Crippen molar-refractivity contribution < 1.29 is 22.3 Å². The number of nitrogens with zero attached hydrogens (tertiary/aromatic N) is 5. The Kier molecular flexibility index (Phi) is 5.63. The first kappa shape index (κ1) is 20.8. The van der Waals surface area contributed by atoms with Crippen molar-refractivity contribution >= 4 is 17.3 Å². The highest BCUT2D eigenvalue weighted by Gasteiger charge is 2.19. The Labute approximate surface area is 176 Å². The normalized spacial score (nSPS) is 11.4. The molecule has 1 aromatic carbocycles. The van der Waals surface area contributed by atoms with Gasteiger partial charge in [0.25, 0.3) is 12.0 Å². The average Bonchev–Trinajstić information content (AvgIpc) is 3.13. The van der Waals surface area contributed by atoms with E-state index in [1.54, 1.807) is 0 Å². The Hall–Kier alpha value is -3.41. The van der Waals surface area contributed by atoms with E-state index in [0.29, 0.717) is 5.56 Å². The number of pyridine rings is 1. The van der Waals surface area contributed by atoms with Gasteiger partial charge in [0.15, 0.2) is 22.3 Å². The van der Waals surface area contributed by atoms with E-state index in [0.717, 1.165) is 33.2 Å². The smallest absolute Gasteiger partial charge is 0.288 e. The molecule has 160 valence electrons. The van der Waals surface area contributed by atoms with Crippen LogP contribution in [0.5, 0.6) is 5.88 Å². The van der Waals surface area contributed by atoms with Crippen LogP contribution in [0.2, 0.25) is 0 Å². The van der Waals surface area contributed by atoms with E-state index in [1.165, 1.54) is 37.6 Å². The maximum Gasteiger partial charge on any atom is 0.288 e. The van der Waals surface area contributed by atoms with Gasteiger partial charge >= 0.3 is 0 Å². The van der Waals surface area contributed by atoms with Crippen LogP contribution in [0.4, 0.5) is 17.6 Å². The van der Waals surface area contributed by atoms with Crippen molar-refractivity contribution in [3.05, 3.63) is 75.8 Å². The summed E-state index contributed by atoms with van der Waals surface area (Å²) >= 11 is 1.06. The minimum Gasteiger partial charge on any atom is -0.479 e. The zero-order chi connectivity index (χ0) is 22.1. The van der Waals surface area contributed by atoms with Crippen LogP contribution in [0.25, 0.3) is 11.2 Å². The topological polar surface area (TPSA) is 74.3 Å². The van der Waals surface area contributed by atoms with Crippen LogP contribution in [0.3, 0.4) is 0 Å². The highest BCUT2D eigenvalue weighted by Crippen LogP contribution is 2.26. The number of hydrogen-bond acceptors (Lipinski definition) is 6. The fourth-order valence-electron chi connectivity index (χ4n) is 2.82. The van der Waals surface area contributed by atoms with E-state index in [4.69, 9.17) is 4.74 Å². The SMILES string of the molecule is COc1ncc(-n2c(SCc3ccc(C(F)F)cc3)nn3ncc(F)c3c2=O)cc1F. The second-order valence-electron chi connectivity index (χ2n) is 6.27. The molecule has 0 bridgehead atoms. The van der Waals surface area contributed by atoms with Crippen LogP contribution in [0, 0.1) is 11.6 Å². The van der Waals surface area contributed by atoms with Crippen LogP contribution >= 0.6 is 11.8 Å². The number of alkyl halides is 2. The molecule has 0 saturated heterocycles. The van der Waals surface area contributed by atoms with Crippen LogP contribution in [-0.2, 0) is 5.75 Å². The Morgan fingerprint density at radius 2 is 1.87 bits per heavy atom. The molecule has 3 aromatic heterocycles. The van der Waals surface area contributed by atoms with Gasteiger partial charge in [-0.1, -0.05) is 36.0 Å². The van der Waals surface area contributed by atoms with E-state index in [9.17, 15) is 22.4 Å². The number of benzene rings is 1. The number of aromatic nitrogens is 5. The Balaban J connectivity index is 1.77. The first-order valence-electron chi connectivity index (χ1n) is 8.75. The molecule has 0 aliphatic carbocycles. The van der Waals surface area contributed by atoms with Gasteiger partial charge in [0.1, 0.15) is 0 Å². The summed E-state index contributed by atoms with van der Waals surface area (Å²) in [6, 6.07) is 6.67. The monoisotopic (exact) mass is 451 g/mol. The zero-order valence-corrected chi connectivity index (χ0v) is 16.6. The third-order valence-corrected chi connectivity index (χ3v) is 5.33. The predicted octanol–water partition coefficient (Wildman–Crippen LogP) is 3.79. The number of thioether (sulfide) groups is 1. The molecule has 0 aliphatic rings. The molecule has 0 unspecified atom stereocenters. The zero-order valence-electron chi connectivity index (χ0n) is 15.8. The molecule has 3 heterocycles. The number of hydrogen-bond donors (Lipinski definition) is 0. The van der Waals surface area contributed by atoms with Gasteiger partial charge in [-0.25, -0.2) is 22.5 Å². The van der Waals surface area contributed by atoms with Gasteiger partial charge in [0, 0.05) is 17.4 Å². The number of methoxy groups -OCH3 is 1. The molecule has 0 aliphatic heterocycles. The molecule has 0 N–H and O–H groups in total. The summed E-state index contributed by atoms with van der Waals surface area (Å²) in [5.41, 5.74) is -0.652. The van der Waals surface area contributed by atoms with Gasteiger partial charge in [-0.2, -0.15) is 5.10 Å². The van der Waals surface area contributed by atoms with Crippen LogP contribution in [-0.4, -0.2) is 31.5 Å². The summed E-state index contributed by atoms with van der Waals surface area (Å²) in [6.45, 7) is 0. The molecule has 0 spiro atoms. The van der Waals surface area contributed by atoms with E-state index >= 15 is 0 Å². The van der Waals surface area contributed by atoms with Crippen molar-refractivity contribution in [2.24, 2.45) is 0 Å². The summed E-state index contributed by atoms with van der Waals surface area (Å²) < 4.78 is 60.4. The van der Waals surface area contributed by atoms with Crippen LogP contribution in [0.1, 0.15) is 17.6 Å². The molecule has 0 saturated carbocycles. The lowest BCUT2D eigenvalue weighted by atomic mass is 10.2. The average molecular weight is 451 g/mol. The van der Waals surface area contributed by atoms with Crippen LogP contribution in [0.15, 0.2) is 52.7 Å². The summed E-state index contributed by atoms with van der Waals surface area (Å²) in [6.07, 6.45) is -0.543. The standard InChI is InChI=1S/C19H13F4N5O2S/c1-30-17-13(20)6-12(7-24-17)27-18(29)15-14(21)8-25-28(15)26-19(27)31-9-10-2-4-11(5-3-10)16(22)23/h2-8,16H,9H2,1H3. The van der Waals surface area contributed by atoms with E-state index in [-0.39, 0.29) is 28.0 Å². The molecule has 31 heavy (non-hydrogen) atoms. The minimum atomic E-state index is -2.58. The van der Waals surface area contributed by atoms with Crippen LogP contribution < -0.4 is 10.3 Å². The van der Waals surface area contributed by atoms with Gasteiger partial charge in [0.05, 0.1) is 25.2 Å². The molecule has 0 radical (unpaired) electrons. The first-order chi connectivity index (χ1) is 14.9. The van der Waals surface area contributed by atoms with Gasteiger partial charge in [-0.15, -0.1) is 9.73 Å². The second-order valence-corrected chi connectivity index (χ2v) is 7.21. The quantitative estimate of drug-likeness (QED) is 0.328. The largest absolute Gasteiger partial charge is 0.479 e. The Morgan fingerprint density at radius 1 is 1.13 bits per heavy atom. The Bertz CT molecular complexity index is 1310. The lowest BCUT2D eigenvalue weighted by Gasteiger charge is -2.12.